The summed E-state index contributed by atoms with van der Waals surface area (Å²) in [6, 6.07) is 5.30. The molecule has 1 N–H and O–H groups in total. The lowest BCUT2D eigenvalue weighted by atomic mass is 9.86. The van der Waals surface area contributed by atoms with Crippen molar-refractivity contribution in [3.63, 3.8) is 0 Å². The molecule has 1 aliphatic rings. The molecular weight excluding hydrogens is 388 g/mol. The van der Waals surface area contributed by atoms with Crippen molar-refractivity contribution in [3.05, 3.63) is 24.0 Å². The molecule has 0 radical (unpaired) electrons. The van der Waals surface area contributed by atoms with Crippen LogP contribution in [0.4, 0.5) is 5.69 Å². The molecular formula is C21H30N4O3S. The van der Waals surface area contributed by atoms with Crippen LogP contribution < -0.4 is 14.8 Å². The fourth-order valence-electron chi connectivity index (χ4n) is 3.73. The van der Waals surface area contributed by atoms with Crippen LogP contribution in [-0.4, -0.2) is 40.6 Å². The van der Waals surface area contributed by atoms with Crippen LogP contribution in [0.15, 0.2) is 23.4 Å². The predicted octanol–water partition coefficient (Wildman–Crippen LogP) is 4.08. The second-order valence-electron chi connectivity index (χ2n) is 7.40. The van der Waals surface area contributed by atoms with E-state index in [4.69, 9.17) is 9.47 Å². The fourth-order valence-corrected chi connectivity index (χ4v) is 4.46. The molecule has 0 saturated heterocycles. The van der Waals surface area contributed by atoms with Crippen LogP contribution in [0.3, 0.4) is 0 Å². The molecule has 1 aromatic carbocycles. The second-order valence-corrected chi connectivity index (χ2v) is 8.35. The summed E-state index contributed by atoms with van der Waals surface area (Å²) in [4.78, 5) is 12.4. The third-order valence-electron chi connectivity index (χ3n) is 5.44. The maximum atomic E-state index is 12.4. The molecule has 1 heterocycles. The minimum atomic E-state index is -0.131. The largest absolute Gasteiger partial charge is 0.497 e. The number of nitrogens with zero attached hydrogens (tertiary/aromatic N) is 3. The number of aromatic nitrogens is 3. The number of rotatable bonds is 9. The molecule has 1 fully saturated rings. The van der Waals surface area contributed by atoms with Crippen LogP contribution >= 0.6 is 11.8 Å². The van der Waals surface area contributed by atoms with Gasteiger partial charge < -0.3 is 19.4 Å². The summed E-state index contributed by atoms with van der Waals surface area (Å²) in [7, 11) is 5.13. The Kier molecular flexibility index (Phi) is 7.80. The van der Waals surface area contributed by atoms with E-state index in [0.29, 0.717) is 17.2 Å². The predicted molar refractivity (Wildman–Crippen MR) is 115 cm³/mol. The first kappa shape index (κ1) is 21.5. The van der Waals surface area contributed by atoms with Gasteiger partial charge in [-0.1, -0.05) is 43.9 Å². The summed E-state index contributed by atoms with van der Waals surface area (Å²) >= 11 is 1.39. The van der Waals surface area contributed by atoms with Gasteiger partial charge in [0.2, 0.25) is 5.91 Å². The molecule has 0 aliphatic heterocycles. The van der Waals surface area contributed by atoms with E-state index in [1.165, 1.54) is 50.3 Å². The van der Waals surface area contributed by atoms with Crippen molar-refractivity contribution in [1.82, 2.24) is 14.8 Å². The summed E-state index contributed by atoms with van der Waals surface area (Å²) in [5.41, 5.74) is 0.587. The van der Waals surface area contributed by atoms with Crippen LogP contribution in [0.1, 0.15) is 44.3 Å². The van der Waals surface area contributed by atoms with Crippen molar-refractivity contribution in [3.8, 4) is 11.5 Å². The zero-order valence-corrected chi connectivity index (χ0v) is 18.3. The molecule has 7 nitrogen and oxygen atoms in total. The lowest BCUT2D eigenvalue weighted by Crippen LogP contribution is -2.15. The third kappa shape index (κ3) is 5.88. The number of thioether (sulfide) groups is 1. The van der Waals surface area contributed by atoms with Gasteiger partial charge in [0, 0.05) is 19.5 Å². The number of hydrogen-bond donors (Lipinski definition) is 1. The number of hydrogen-bond acceptors (Lipinski definition) is 6. The van der Waals surface area contributed by atoms with Crippen LogP contribution in [0, 0.1) is 5.92 Å². The minimum absolute atomic E-state index is 0.131. The minimum Gasteiger partial charge on any atom is -0.497 e. The number of carbonyl (C=O) groups excluding carboxylic acids is 1. The lowest BCUT2D eigenvalue weighted by Gasteiger charge is -2.20. The molecule has 0 unspecified atom stereocenters. The SMILES string of the molecule is COc1ccc(OC)c(NC(=O)CSc2nnc(CCC3CCCCC3)n2C)c1. The number of anilines is 1. The Morgan fingerprint density at radius 1 is 1.21 bits per heavy atom. The number of ether oxygens (including phenoxy) is 2. The van der Waals surface area contributed by atoms with Crippen LogP contribution in [0.2, 0.25) is 0 Å². The average Bonchev–Trinajstić information content (AvgIpc) is 3.10. The molecule has 0 atom stereocenters. The standard InChI is InChI=1S/C21H30N4O3S/c1-25-19(12-9-15-7-5-4-6-8-15)23-24-21(25)29-14-20(26)22-17-13-16(27-2)10-11-18(17)28-3/h10-11,13,15H,4-9,12,14H2,1-3H3,(H,22,26). The van der Waals surface area contributed by atoms with Gasteiger partial charge in [0.1, 0.15) is 17.3 Å². The van der Waals surface area contributed by atoms with Crippen molar-refractivity contribution in [2.24, 2.45) is 13.0 Å². The molecule has 0 bridgehead atoms. The van der Waals surface area contributed by atoms with Crippen molar-refractivity contribution in [1.29, 1.82) is 0 Å². The number of methoxy groups -OCH3 is 2. The van der Waals surface area contributed by atoms with Crippen molar-refractivity contribution < 1.29 is 14.3 Å². The van der Waals surface area contributed by atoms with Crippen LogP contribution in [0.25, 0.3) is 0 Å². The highest BCUT2D eigenvalue weighted by atomic mass is 32.2. The van der Waals surface area contributed by atoms with Gasteiger partial charge in [-0.3, -0.25) is 4.79 Å². The van der Waals surface area contributed by atoms with E-state index in [2.05, 4.69) is 15.5 Å². The smallest absolute Gasteiger partial charge is 0.234 e. The topological polar surface area (TPSA) is 78.3 Å². The van der Waals surface area contributed by atoms with Crippen molar-refractivity contribution in [2.45, 2.75) is 50.1 Å². The molecule has 2 aromatic rings. The number of amides is 1. The first-order chi connectivity index (χ1) is 14.1. The maximum Gasteiger partial charge on any atom is 0.234 e. The van der Waals surface area contributed by atoms with Gasteiger partial charge in [0.15, 0.2) is 5.16 Å². The summed E-state index contributed by atoms with van der Waals surface area (Å²) in [5, 5.41) is 12.2. The van der Waals surface area contributed by atoms with Crippen LogP contribution in [-0.2, 0) is 18.3 Å². The molecule has 29 heavy (non-hydrogen) atoms. The number of aryl methyl sites for hydroxylation is 1. The summed E-state index contributed by atoms with van der Waals surface area (Å²) in [5.74, 6) is 3.17. The average molecular weight is 419 g/mol. The highest BCUT2D eigenvalue weighted by Crippen LogP contribution is 2.30. The van der Waals surface area contributed by atoms with E-state index in [-0.39, 0.29) is 11.7 Å². The monoisotopic (exact) mass is 418 g/mol. The van der Waals surface area contributed by atoms with Crippen LogP contribution in [0.5, 0.6) is 11.5 Å². The van der Waals surface area contributed by atoms with Gasteiger partial charge in [0.05, 0.1) is 25.7 Å². The number of carbonyl (C=O) groups is 1. The van der Waals surface area contributed by atoms with E-state index in [9.17, 15) is 4.79 Å². The summed E-state index contributed by atoms with van der Waals surface area (Å²) < 4.78 is 12.5. The van der Waals surface area contributed by atoms with E-state index >= 15 is 0 Å². The summed E-state index contributed by atoms with van der Waals surface area (Å²) in [6.07, 6.45) is 8.90. The second kappa shape index (κ2) is 10.5. The van der Waals surface area contributed by atoms with Crippen molar-refractivity contribution in [2.75, 3.05) is 25.3 Å². The maximum absolute atomic E-state index is 12.4. The number of benzene rings is 1. The Balaban J connectivity index is 1.52. The molecule has 3 rings (SSSR count). The quantitative estimate of drug-likeness (QED) is 0.619. The van der Waals surface area contributed by atoms with Gasteiger partial charge in [0.25, 0.3) is 0 Å². The number of nitrogens with one attached hydrogen (secondary N) is 1. The Bertz CT molecular complexity index is 818. The molecule has 158 valence electrons. The Morgan fingerprint density at radius 2 is 2.00 bits per heavy atom. The first-order valence-electron chi connectivity index (χ1n) is 10.1. The molecule has 1 saturated carbocycles. The molecule has 1 aliphatic carbocycles. The summed E-state index contributed by atoms with van der Waals surface area (Å²) in [6.45, 7) is 0. The molecule has 0 spiro atoms. The van der Waals surface area contributed by atoms with Crippen molar-refractivity contribution >= 4 is 23.4 Å². The zero-order chi connectivity index (χ0) is 20.6. The molecule has 8 heteroatoms. The first-order valence-corrected chi connectivity index (χ1v) is 11.1. The van der Waals surface area contributed by atoms with Gasteiger partial charge in [-0.05, 0) is 24.5 Å². The molecule has 1 amide bonds. The van der Waals surface area contributed by atoms with E-state index in [1.54, 1.807) is 32.4 Å². The normalized spacial score (nSPS) is 14.6. The zero-order valence-electron chi connectivity index (χ0n) is 17.4. The lowest BCUT2D eigenvalue weighted by molar-refractivity contribution is -0.113. The highest BCUT2D eigenvalue weighted by Gasteiger charge is 2.17. The van der Waals surface area contributed by atoms with E-state index in [0.717, 1.165) is 23.3 Å². The Labute approximate surface area is 176 Å². The fraction of sp³-hybridized carbons (Fsp3) is 0.571. The third-order valence-corrected chi connectivity index (χ3v) is 6.46. The highest BCUT2D eigenvalue weighted by molar-refractivity contribution is 7.99. The Morgan fingerprint density at radius 3 is 2.72 bits per heavy atom. The van der Waals surface area contributed by atoms with Gasteiger partial charge in [-0.15, -0.1) is 10.2 Å². The molecule has 1 aromatic heterocycles. The van der Waals surface area contributed by atoms with Gasteiger partial charge >= 0.3 is 0 Å². The van der Waals surface area contributed by atoms with Gasteiger partial charge in [-0.25, -0.2) is 0 Å². The van der Waals surface area contributed by atoms with Gasteiger partial charge in [-0.2, -0.15) is 0 Å². The van der Waals surface area contributed by atoms with E-state index < -0.39 is 0 Å². The van der Waals surface area contributed by atoms with E-state index in [1.807, 2.05) is 11.6 Å². The Hall–Kier alpha value is -2.22.